The van der Waals surface area contributed by atoms with Gasteiger partial charge in [-0.3, -0.25) is 5.84 Å². The van der Waals surface area contributed by atoms with E-state index < -0.39 is 6.17 Å². The van der Waals surface area contributed by atoms with Crippen LogP contribution in [0, 0.1) is 0 Å². The van der Waals surface area contributed by atoms with Crippen LogP contribution >= 0.6 is 0 Å². The molecule has 2 heterocycles. The van der Waals surface area contributed by atoms with Gasteiger partial charge in [-0.15, -0.1) is 0 Å². The molecule has 2 rings (SSSR count). The maximum Gasteiger partial charge on any atom is 0.118 e. The molecule has 2 saturated heterocycles. The molecule has 0 spiro atoms. The van der Waals surface area contributed by atoms with Crippen LogP contribution in [0.5, 0.6) is 0 Å². The Morgan fingerprint density at radius 3 is 3.00 bits per heavy atom. The number of rotatable bonds is 0. The van der Waals surface area contributed by atoms with E-state index in [9.17, 15) is 4.39 Å². The van der Waals surface area contributed by atoms with Crippen molar-refractivity contribution >= 4 is 0 Å². The second-order valence-corrected chi connectivity index (χ2v) is 3.18. The van der Waals surface area contributed by atoms with Gasteiger partial charge in [-0.05, 0) is 6.42 Å². The number of alkyl halides is 1. The molecular weight excluding hydrogens is 133 g/mol. The summed E-state index contributed by atoms with van der Waals surface area (Å²) in [6.45, 7) is 1.44. The fraction of sp³-hybridized carbons (Fsp3) is 1.00. The van der Waals surface area contributed by atoms with Crippen molar-refractivity contribution in [1.29, 1.82) is 0 Å². The van der Waals surface area contributed by atoms with Crippen LogP contribution in [0.1, 0.15) is 6.42 Å². The van der Waals surface area contributed by atoms with Gasteiger partial charge in [0.15, 0.2) is 0 Å². The van der Waals surface area contributed by atoms with Crippen molar-refractivity contribution in [2.75, 3.05) is 13.1 Å². The van der Waals surface area contributed by atoms with E-state index in [4.69, 9.17) is 5.84 Å². The molecule has 3 atom stereocenters. The highest BCUT2D eigenvalue weighted by Crippen LogP contribution is 2.21. The Kier molecular flexibility index (Phi) is 1.40. The van der Waals surface area contributed by atoms with Gasteiger partial charge in [0.1, 0.15) is 6.17 Å². The van der Waals surface area contributed by atoms with E-state index in [1.807, 2.05) is 0 Å². The highest BCUT2D eigenvalue weighted by Gasteiger charge is 2.38. The van der Waals surface area contributed by atoms with E-state index in [0.717, 1.165) is 6.54 Å². The zero-order valence-corrected chi connectivity index (χ0v) is 5.76. The summed E-state index contributed by atoms with van der Waals surface area (Å²) in [5, 5.41) is 4.87. The first-order chi connectivity index (χ1) is 4.75. The summed E-state index contributed by atoms with van der Waals surface area (Å²) in [5.41, 5.74) is 0. The van der Waals surface area contributed by atoms with Crippen molar-refractivity contribution in [3.05, 3.63) is 0 Å². The molecule has 0 saturated carbocycles. The van der Waals surface area contributed by atoms with Crippen LogP contribution in [0.2, 0.25) is 0 Å². The minimum absolute atomic E-state index is 0.0104. The highest BCUT2D eigenvalue weighted by atomic mass is 19.1. The number of fused-ring (bicyclic) bond motifs is 2. The molecule has 0 aromatic rings. The molecule has 0 aliphatic carbocycles. The van der Waals surface area contributed by atoms with Crippen molar-refractivity contribution in [2.45, 2.75) is 24.7 Å². The highest BCUT2D eigenvalue weighted by molar-refractivity contribution is 4.97. The van der Waals surface area contributed by atoms with Crippen LogP contribution in [0.25, 0.3) is 0 Å². The number of piperazine rings is 1. The lowest BCUT2D eigenvalue weighted by Gasteiger charge is -2.28. The number of nitrogens with two attached hydrogens (primary N) is 1. The van der Waals surface area contributed by atoms with Crippen LogP contribution in [0.3, 0.4) is 0 Å². The quantitative estimate of drug-likeness (QED) is 0.440. The summed E-state index contributed by atoms with van der Waals surface area (Å²) in [4.78, 5) is 0. The Morgan fingerprint density at radius 2 is 2.30 bits per heavy atom. The van der Waals surface area contributed by atoms with Gasteiger partial charge in [-0.2, -0.15) is 0 Å². The topological polar surface area (TPSA) is 41.3 Å². The van der Waals surface area contributed by atoms with Gasteiger partial charge in [0, 0.05) is 19.1 Å². The largest absolute Gasteiger partial charge is 0.306 e. The SMILES string of the molecule is NN1CC2CC(F)C(C1)N2. The van der Waals surface area contributed by atoms with Gasteiger partial charge >= 0.3 is 0 Å². The maximum absolute atomic E-state index is 12.9. The molecule has 3 unspecified atom stereocenters. The molecule has 2 aliphatic heterocycles. The van der Waals surface area contributed by atoms with E-state index in [-0.39, 0.29) is 6.04 Å². The van der Waals surface area contributed by atoms with E-state index in [0.29, 0.717) is 19.0 Å². The molecule has 58 valence electrons. The van der Waals surface area contributed by atoms with Crippen LogP contribution < -0.4 is 11.2 Å². The molecule has 0 aromatic carbocycles. The third-order valence-corrected chi connectivity index (χ3v) is 2.28. The molecular formula is C6H12FN3. The predicted molar refractivity (Wildman–Crippen MR) is 36.0 cm³/mol. The van der Waals surface area contributed by atoms with Gasteiger partial charge < -0.3 is 5.32 Å². The van der Waals surface area contributed by atoms with Gasteiger partial charge in [0.2, 0.25) is 0 Å². The first-order valence-electron chi connectivity index (χ1n) is 3.65. The molecule has 2 aliphatic rings. The summed E-state index contributed by atoms with van der Waals surface area (Å²) in [5.74, 6) is 5.54. The fourth-order valence-electron chi connectivity index (χ4n) is 1.82. The standard InChI is InChI=1S/C6H12FN3/c7-5-1-4-2-10(8)3-6(5)9-4/h4-6,9H,1-3,8H2. The predicted octanol–water partition coefficient (Wildman–Crippen LogP) is -0.756. The lowest BCUT2D eigenvalue weighted by molar-refractivity contribution is 0.182. The average Bonchev–Trinajstić information content (AvgIpc) is 2.07. The Hall–Kier alpha value is -0.190. The number of nitrogens with zero attached hydrogens (tertiary/aromatic N) is 1. The molecule has 2 bridgehead atoms. The Labute approximate surface area is 59.3 Å². The summed E-state index contributed by atoms with van der Waals surface area (Å²) in [6.07, 6.45) is -0.0446. The first kappa shape index (κ1) is 6.52. The molecule has 0 aromatic heterocycles. The molecule has 0 amide bonds. The molecule has 10 heavy (non-hydrogen) atoms. The zero-order chi connectivity index (χ0) is 7.14. The number of halogens is 1. The lowest BCUT2D eigenvalue weighted by atomic mass is 10.2. The third-order valence-electron chi connectivity index (χ3n) is 2.28. The monoisotopic (exact) mass is 145 g/mol. The number of hydrogen-bond acceptors (Lipinski definition) is 3. The maximum atomic E-state index is 12.9. The molecule has 2 fully saturated rings. The number of hydrogen-bond donors (Lipinski definition) is 2. The van der Waals surface area contributed by atoms with Gasteiger partial charge in [0.05, 0.1) is 6.04 Å². The normalized spacial score (nSPS) is 48.0. The summed E-state index contributed by atoms with van der Waals surface area (Å²) >= 11 is 0. The lowest BCUT2D eigenvalue weighted by Crippen LogP contribution is -2.54. The van der Waals surface area contributed by atoms with Crippen LogP contribution in [0.15, 0.2) is 0 Å². The van der Waals surface area contributed by atoms with Crippen LogP contribution in [-0.2, 0) is 0 Å². The summed E-state index contributed by atoms with van der Waals surface area (Å²) < 4.78 is 12.9. The minimum atomic E-state index is -0.682. The third kappa shape index (κ3) is 0.923. The zero-order valence-electron chi connectivity index (χ0n) is 5.76. The second kappa shape index (κ2) is 2.15. The van der Waals surface area contributed by atoms with Crippen molar-refractivity contribution in [2.24, 2.45) is 5.84 Å². The van der Waals surface area contributed by atoms with Crippen molar-refractivity contribution in [3.63, 3.8) is 0 Å². The molecule has 3 N–H and O–H groups in total. The molecule has 4 heteroatoms. The number of nitrogens with one attached hydrogen (secondary N) is 1. The van der Waals surface area contributed by atoms with Crippen molar-refractivity contribution in [1.82, 2.24) is 10.3 Å². The summed E-state index contributed by atoms with van der Waals surface area (Å²) in [7, 11) is 0. The molecule has 0 radical (unpaired) electrons. The second-order valence-electron chi connectivity index (χ2n) is 3.18. The fourth-order valence-corrected chi connectivity index (χ4v) is 1.82. The number of hydrazine groups is 1. The van der Waals surface area contributed by atoms with Crippen LogP contribution in [-0.4, -0.2) is 36.4 Å². The van der Waals surface area contributed by atoms with Gasteiger partial charge in [-0.1, -0.05) is 0 Å². The minimum Gasteiger partial charge on any atom is -0.306 e. The average molecular weight is 145 g/mol. The van der Waals surface area contributed by atoms with Crippen molar-refractivity contribution < 1.29 is 4.39 Å². The van der Waals surface area contributed by atoms with E-state index in [1.165, 1.54) is 0 Å². The van der Waals surface area contributed by atoms with E-state index >= 15 is 0 Å². The van der Waals surface area contributed by atoms with Gasteiger partial charge in [0.25, 0.3) is 0 Å². The van der Waals surface area contributed by atoms with Crippen molar-refractivity contribution in [3.8, 4) is 0 Å². The Balaban J connectivity index is 2.06. The van der Waals surface area contributed by atoms with E-state index in [2.05, 4.69) is 5.32 Å². The first-order valence-corrected chi connectivity index (χ1v) is 3.65. The Morgan fingerprint density at radius 1 is 1.50 bits per heavy atom. The van der Waals surface area contributed by atoms with E-state index in [1.54, 1.807) is 5.01 Å². The van der Waals surface area contributed by atoms with Gasteiger partial charge in [-0.25, -0.2) is 9.40 Å². The summed E-state index contributed by atoms with van der Waals surface area (Å²) in [6, 6.07) is 0.280. The molecule has 3 nitrogen and oxygen atoms in total. The Bertz CT molecular complexity index is 136. The van der Waals surface area contributed by atoms with Crippen LogP contribution in [0.4, 0.5) is 4.39 Å². The smallest absolute Gasteiger partial charge is 0.118 e.